The van der Waals surface area contributed by atoms with Crippen LogP contribution in [0.1, 0.15) is 25.1 Å². The second-order valence-electron chi connectivity index (χ2n) is 5.21. The lowest BCUT2D eigenvalue weighted by Crippen LogP contribution is -2.47. The summed E-state index contributed by atoms with van der Waals surface area (Å²) in [6, 6.07) is 0. The van der Waals surface area contributed by atoms with Gasteiger partial charge in [0.2, 0.25) is 5.88 Å². The number of guanidine groups is 1. The number of morpholine rings is 1. The van der Waals surface area contributed by atoms with E-state index in [9.17, 15) is 0 Å². The minimum absolute atomic E-state index is 0.187. The van der Waals surface area contributed by atoms with Crippen molar-refractivity contribution in [2.45, 2.75) is 32.9 Å². The molecule has 0 bridgehead atoms. The van der Waals surface area contributed by atoms with Crippen LogP contribution in [0.4, 0.5) is 0 Å². The van der Waals surface area contributed by atoms with Crippen molar-refractivity contribution in [3.63, 3.8) is 0 Å². The van der Waals surface area contributed by atoms with Gasteiger partial charge in [-0.15, -0.1) is 0 Å². The van der Waals surface area contributed by atoms with Gasteiger partial charge in [-0.3, -0.25) is 0 Å². The highest BCUT2D eigenvalue weighted by Crippen LogP contribution is 2.23. The monoisotopic (exact) mass is 295 g/mol. The Bertz CT molecular complexity index is 512. The van der Waals surface area contributed by atoms with Crippen molar-refractivity contribution in [3.05, 3.63) is 11.3 Å². The smallest absolute Gasteiger partial charge is 0.216 e. The molecule has 118 valence electrons. The van der Waals surface area contributed by atoms with Crippen molar-refractivity contribution >= 4 is 5.96 Å². The van der Waals surface area contributed by atoms with Crippen molar-refractivity contribution in [1.29, 1.82) is 0 Å². The van der Waals surface area contributed by atoms with Gasteiger partial charge in [-0.05, 0) is 13.3 Å². The lowest BCUT2D eigenvalue weighted by atomic mass is 10.2. The molecule has 7 heteroatoms. The number of aromatic nitrogens is 2. The topological polar surface area (TPSA) is 77.9 Å². The number of nitrogens with two attached hydrogens (primary N) is 1. The predicted octanol–water partition coefficient (Wildman–Crippen LogP) is 0.527. The van der Waals surface area contributed by atoms with Crippen LogP contribution in [0.5, 0.6) is 5.88 Å². The highest BCUT2D eigenvalue weighted by Gasteiger charge is 2.19. The Morgan fingerprint density at radius 1 is 1.57 bits per heavy atom. The highest BCUT2D eigenvalue weighted by molar-refractivity contribution is 5.78. The fourth-order valence-electron chi connectivity index (χ4n) is 2.59. The zero-order valence-corrected chi connectivity index (χ0v) is 13.3. The molecule has 1 aromatic rings. The van der Waals surface area contributed by atoms with E-state index >= 15 is 0 Å². The van der Waals surface area contributed by atoms with Gasteiger partial charge in [-0.1, -0.05) is 6.92 Å². The van der Waals surface area contributed by atoms with Crippen LogP contribution in [0.2, 0.25) is 0 Å². The normalized spacial score (nSPS) is 19.9. The van der Waals surface area contributed by atoms with Crippen LogP contribution in [0.15, 0.2) is 4.99 Å². The zero-order valence-electron chi connectivity index (χ0n) is 13.3. The van der Waals surface area contributed by atoms with Crippen LogP contribution in [-0.4, -0.2) is 53.6 Å². The van der Waals surface area contributed by atoms with Gasteiger partial charge < -0.3 is 20.1 Å². The Morgan fingerprint density at radius 3 is 2.95 bits per heavy atom. The average Bonchev–Trinajstić information content (AvgIpc) is 2.79. The number of aliphatic imine (C=N–C) groups is 1. The summed E-state index contributed by atoms with van der Waals surface area (Å²) in [5.74, 6) is 1.30. The number of ether oxygens (including phenoxy) is 2. The van der Waals surface area contributed by atoms with Gasteiger partial charge in [0.1, 0.15) is 0 Å². The molecule has 0 aliphatic carbocycles. The minimum atomic E-state index is 0.187. The lowest BCUT2D eigenvalue weighted by Gasteiger charge is -2.31. The second-order valence-corrected chi connectivity index (χ2v) is 5.21. The molecule has 2 N–H and O–H groups in total. The van der Waals surface area contributed by atoms with E-state index in [1.807, 2.05) is 14.0 Å². The van der Waals surface area contributed by atoms with Crippen LogP contribution in [0, 0.1) is 0 Å². The summed E-state index contributed by atoms with van der Waals surface area (Å²) < 4.78 is 12.7. The van der Waals surface area contributed by atoms with Gasteiger partial charge in [-0.25, -0.2) is 9.67 Å². The number of hydrogen-bond acceptors (Lipinski definition) is 4. The Balaban J connectivity index is 2.12. The molecular weight excluding hydrogens is 270 g/mol. The molecule has 1 fully saturated rings. The molecular formula is C14H25N5O2. The Labute approximate surface area is 125 Å². The molecule has 0 radical (unpaired) electrons. The summed E-state index contributed by atoms with van der Waals surface area (Å²) in [6.45, 7) is 6.84. The third-order valence-corrected chi connectivity index (χ3v) is 3.66. The SMILES string of the molecule is CCc1nn(C)c(OC)c1CN=C(N)N1CCOC(C)C1. The number of hydrogen-bond donors (Lipinski definition) is 1. The molecule has 1 aliphatic rings. The van der Waals surface area contributed by atoms with Crippen molar-refractivity contribution in [2.75, 3.05) is 26.8 Å². The molecule has 1 saturated heterocycles. The molecule has 0 spiro atoms. The molecule has 2 heterocycles. The maximum atomic E-state index is 6.10. The molecule has 0 aromatic carbocycles. The van der Waals surface area contributed by atoms with Crippen molar-refractivity contribution in [1.82, 2.24) is 14.7 Å². The molecule has 1 unspecified atom stereocenters. The summed E-state index contributed by atoms with van der Waals surface area (Å²) in [5.41, 5.74) is 8.11. The molecule has 7 nitrogen and oxygen atoms in total. The summed E-state index contributed by atoms with van der Waals surface area (Å²) in [5, 5.41) is 4.45. The zero-order chi connectivity index (χ0) is 15.4. The van der Waals surface area contributed by atoms with Gasteiger partial charge in [0.25, 0.3) is 0 Å². The van der Waals surface area contributed by atoms with E-state index in [1.54, 1.807) is 11.8 Å². The van der Waals surface area contributed by atoms with Crippen LogP contribution in [-0.2, 0) is 24.8 Å². The maximum Gasteiger partial charge on any atom is 0.216 e. The van der Waals surface area contributed by atoms with Crippen LogP contribution < -0.4 is 10.5 Å². The van der Waals surface area contributed by atoms with Crippen molar-refractivity contribution < 1.29 is 9.47 Å². The first-order chi connectivity index (χ1) is 10.1. The number of aryl methyl sites for hydroxylation is 2. The van der Waals surface area contributed by atoms with Crippen molar-refractivity contribution in [3.8, 4) is 5.88 Å². The van der Waals surface area contributed by atoms with Gasteiger partial charge in [-0.2, -0.15) is 5.10 Å². The minimum Gasteiger partial charge on any atom is -0.481 e. The highest BCUT2D eigenvalue weighted by atomic mass is 16.5. The van der Waals surface area contributed by atoms with E-state index in [0.29, 0.717) is 19.1 Å². The number of methoxy groups -OCH3 is 1. The summed E-state index contributed by atoms with van der Waals surface area (Å²) >= 11 is 0. The fraction of sp³-hybridized carbons (Fsp3) is 0.714. The molecule has 1 aromatic heterocycles. The molecule has 0 amide bonds. The summed E-state index contributed by atoms with van der Waals surface area (Å²) in [6.07, 6.45) is 1.03. The Morgan fingerprint density at radius 2 is 2.33 bits per heavy atom. The van der Waals surface area contributed by atoms with Gasteiger partial charge in [0, 0.05) is 20.1 Å². The maximum absolute atomic E-state index is 6.10. The molecule has 1 atom stereocenters. The summed E-state index contributed by atoms with van der Waals surface area (Å²) in [4.78, 5) is 6.57. The molecule has 0 saturated carbocycles. The van der Waals surface area contributed by atoms with Crippen LogP contribution in [0.3, 0.4) is 0 Å². The molecule has 1 aliphatic heterocycles. The average molecular weight is 295 g/mol. The second kappa shape index (κ2) is 6.80. The first kappa shape index (κ1) is 15.6. The van der Waals surface area contributed by atoms with E-state index in [0.717, 1.165) is 36.6 Å². The number of nitrogens with zero attached hydrogens (tertiary/aromatic N) is 4. The van der Waals surface area contributed by atoms with Crippen molar-refractivity contribution in [2.24, 2.45) is 17.8 Å². The third-order valence-electron chi connectivity index (χ3n) is 3.66. The first-order valence-corrected chi connectivity index (χ1v) is 7.32. The summed E-state index contributed by atoms with van der Waals surface area (Å²) in [7, 11) is 3.52. The van der Waals surface area contributed by atoms with Crippen LogP contribution >= 0.6 is 0 Å². The van der Waals surface area contributed by atoms with Crippen LogP contribution in [0.25, 0.3) is 0 Å². The van der Waals surface area contributed by atoms with E-state index in [-0.39, 0.29) is 6.10 Å². The third kappa shape index (κ3) is 3.47. The number of rotatable bonds is 4. The van der Waals surface area contributed by atoms with E-state index in [1.165, 1.54) is 0 Å². The Hall–Kier alpha value is -1.76. The standard InChI is InChI=1S/C14H25N5O2/c1-5-12-11(13(20-4)18(3)17-12)8-16-14(15)19-6-7-21-10(2)9-19/h10H,5-9H2,1-4H3,(H2,15,16). The largest absolute Gasteiger partial charge is 0.481 e. The fourth-order valence-corrected chi connectivity index (χ4v) is 2.59. The predicted molar refractivity (Wildman–Crippen MR) is 81.5 cm³/mol. The Kier molecular flexibility index (Phi) is 5.06. The van der Waals surface area contributed by atoms with Gasteiger partial charge in [0.05, 0.1) is 37.6 Å². The molecule has 2 rings (SSSR count). The lowest BCUT2D eigenvalue weighted by molar-refractivity contribution is 0.00528. The quantitative estimate of drug-likeness (QED) is 0.647. The first-order valence-electron chi connectivity index (χ1n) is 7.32. The van der Waals surface area contributed by atoms with Gasteiger partial charge >= 0.3 is 0 Å². The van der Waals surface area contributed by atoms with E-state index in [4.69, 9.17) is 15.2 Å². The van der Waals surface area contributed by atoms with Gasteiger partial charge in [0.15, 0.2) is 5.96 Å². The van der Waals surface area contributed by atoms with E-state index in [2.05, 4.69) is 21.9 Å². The van der Waals surface area contributed by atoms with E-state index < -0.39 is 0 Å². The molecule has 21 heavy (non-hydrogen) atoms.